The number of benzene rings is 1. The minimum atomic E-state index is -1.56. The summed E-state index contributed by atoms with van der Waals surface area (Å²) >= 11 is 0. The van der Waals surface area contributed by atoms with Crippen LogP contribution in [0.2, 0.25) is 0 Å². The molecule has 0 aliphatic heterocycles. The van der Waals surface area contributed by atoms with Gasteiger partial charge in [-0.3, -0.25) is 4.79 Å². The highest BCUT2D eigenvalue weighted by atomic mass is 19.2. The quantitative estimate of drug-likeness (QED) is 0.416. The van der Waals surface area contributed by atoms with E-state index in [0.717, 1.165) is 0 Å². The maximum Gasteiger partial charge on any atom is 0.194 e. The molecular weight excluding hydrogens is 193 g/mol. The first kappa shape index (κ1) is 10.5. The Morgan fingerprint density at radius 3 is 2.43 bits per heavy atom. The molecule has 0 fully saturated rings. The van der Waals surface area contributed by atoms with Crippen LogP contribution in [0.5, 0.6) is 0 Å². The lowest BCUT2D eigenvalue weighted by atomic mass is 10.0. The summed E-state index contributed by atoms with van der Waals surface area (Å²) in [5.41, 5.74) is -0.366. The lowest BCUT2D eigenvalue weighted by Gasteiger charge is -2.05. The van der Waals surface area contributed by atoms with Gasteiger partial charge >= 0.3 is 0 Å². The van der Waals surface area contributed by atoms with E-state index in [2.05, 4.69) is 6.58 Å². The second-order valence-corrected chi connectivity index (χ2v) is 2.66. The minimum Gasteiger partial charge on any atom is -0.298 e. The Bertz CT molecular complexity index is 385. The van der Waals surface area contributed by atoms with Gasteiger partial charge in [-0.25, -0.2) is 13.2 Å². The molecule has 0 heterocycles. The first-order chi connectivity index (χ1) is 6.61. The molecule has 0 spiro atoms. The number of hydrogen-bond donors (Lipinski definition) is 0. The number of aldehydes is 1. The fourth-order valence-electron chi connectivity index (χ4n) is 1.11. The maximum absolute atomic E-state index is 13.1. The zero-order valence-corrected chi connectivity index (χ0v) is 7.19. The molecule has 74 valence electrons. The Balaban J connectivity index is 3.43. The lowest BCUT2D eigenvalue weighted by molar-refractivity contribution is 0.112. The molecule has 0 aliphatic carbocycles. The topological polar surface area (TPSA) is 17.1 Å². The van der Waals surface area contributed by atoms with E-state index in [0.29, 0.717) is 6.07 Å². The van der Waals surface area contributed by atoms with Crippen molar-refractivity contribution in [1.29, 1.82) is 0 Å². The van der Waals surface area contributed by atoms with Crippen LogP contribution in [-0.4, -0.2) is 6.29 Å². The summed E-state index contributed by atoms with van der Waals surface area (Å²) in [4.78, 5) is 10.4. The van der Waals surface area contributed by atoms with E-state index in [1.165, 1.54) is 6.08 Å². The van der Waals surface area contributed by atoms with Crippen LogP contribution in [0.15, 0.2) is 18.7 Å². The van der Waals surface area contributed by atoms with Gasteiger partial charge in [0, 0.05) is 11.1 Å². The van der Waals surface area contributed by atoms with Crippen LogP contribution in [0.25, 0.3) is 0 Å². The van der Waals surface area contributed by atoms with Gasteiger partial charge in [0.2, 0.25) is 0 Å². The summed E-state index contributed by atoms with van der Waals surface area (Å²) in [5.74, 6) is -4.25. The Labute approximate surface area is 78.9 Å². The first-order valence-corrected chi connectivity index (χ1v) is 3.84. The van der Waals surface area contributed by atoms with Crippen molar-refractivity contribution >= 4 is 6.29 Å². The fourth-order valence-corrected chi connectivity index (χ4v) is 1.11. The molecule has 0 radical (unpaired) electrons. The third kappa shape index (κ3) is 1.69. The second-order valence-electron chi connectivity index (χ2n) is 2.66. The van der Waals surface area contributed by atoms with Crippen LogP contribution >= 0.6 is 0 Å². The van der Waals surface area contributed by atoms with Crippen LogP contribution in [0.1, 0.15) is 15.9 Å². The molecule has 0 aliphatic rings. The number of allylic oxidation sites excluding steroid dienone is 1. The molecule has 0 N–H and O–H groups in total. The lowest BCUT2D eigenvalue weighted by Crippen LogP contribution is -2.02. The smallest absolute Gasteiger partial charge is 0.194 e. The molecule has 0 saturated heterocycles. The zero-order valence-electron chi connectivity index (χ0n) is 7.19. The SMILES string of the molecule is C=CCc1c(C=O)cc(F)c(F)c1F. The predicted octanol–water partition coefficient (Wildman–Crippen LogP) is 2.64. The Kier molecular flexibility index (Phi) is 3.06. The second kappa shape index (κ2) is 4.09. The van der Waals surface area contributed by atoms with Crippen molar-refractivity contribution < 1.29 is 18.0 Å². The van der Waals surface area contributed by atoms with Crippen molar-refractivity contribution in [3.05, 3.63) is 47.3 Å². The predicted molar refractivity (Wildman–Crippen MR) is 45.6 cm³/mol. The van der Waals surface area contributed by atoms with Crippen molar-refractivity contribution in [2.24, 2.45) is 0 Å². The van der Waals surface area contributed by atoms with Crippen LogP contribution < -0.4 is 0 Å². The maximum atomic E-state index is 13.1. The number of hydrogen-bond acceptors (Lipinski definition) is 1. The molecule has 1 aromatic carbocycles. The molecule has 0 amide bonds. The Hall–Kier alpha value is -1.58. The standard InChI is InChI=1S/C10H7F3O/c1-2-3-7-6(5-14)4-8(11)10(13)9(7)12/h2,4-5H,1,3H2. The van der Waals surface area contributed by atoms with Gasteiger partial charge in [0.1, 0.15) is 0 Å². The highest BCUT2D eigenvalue weighted by Crippen LogP contribution is 2.19. The third-order valence-electron chi connectivity index (χ3n) is 1.77. The van der Waals surface area contributed by atoms with Gasteiger partial charge in [-0.15, -0.1) is 6.58 Å². The van der Waals surface area contributed by atoms with Crippen LogP contribution in [0.4, 0.5) is 13.2 Å². The van der Waals surface area contributed by atoms with Gasteiger partial charge in [-0.05, 0) is 12.5 Å². The molecule has 0 saturated carbocycles. The average molecular weight is 200 g/mol. The van der Waals surface area contributed by atoms with Crippen LogP contribution in [0.3, 0.4) is 0 Å². The van der Waals surface area contributed by atoms with E-state index >= 15 is 0 Å². The summed E-state index contributed by atoms with van der Waals surface area (Å²) in [6.45, 7) is 3.33. The molecular formula is C10H7F3O. The highest BCUT2D eigenvalue weighted by Gasteiger charge is 2.16. The summed E-state index contributed by atoms with van der Waals surface area (Å²) < 4.78 is 38.5. The summed E-state index contributed by atoms with van der Waals surface area (Å²) in [6.07, 6.45) is 1.57. The van der Waals surface area contributed by atoms with Gasteiger partial charge in [0.25, 0.3) is 0 Å². The van der Waals surface area contributed by atoms with E-state index in [-0.39, 0.29) is 23.8 Å². The molecule has 0 aromatic heterocycles. The Morgan fingerprint density at radius 2 is 1.93 bits per heavy atom. The number of carbonyl (C=O) groups is 1. The van der Waals surface area contributed by atoms with Gasteiger partial charge in [-0.1, -0.05) is 6.08 Å². The number of rotatable bonds is 3. The van der Waals surface area contributed by atoms with Crippen LogP contribution in [-0.2, 0) is 6.42 Å². The van der Waals surface area contributed by atoms with E-state index < -0.39 is 17.5 Å². The van der Waals surface area contributed by atoms with Crippen LogP contribution in [0, 0.1) is 17.5 Å². The first-order valence-electron chi connectivity index (χ1n) is 3.84. The monoisotopic (exact) mass is 200 g/mol. The number of carbonyl (C=O) groups excluding carboxylic acids is 1. The minimum absolute atomic E-state index is 0.0168. The molecule has 14 heavy (non-hydrogen) atoms. The Morgan fingerprint density at radius 1 is 1.29 bits per heavy atom. The van der Waals surface area contributed by atoms with Gasteiger partial charge in [0.15, 0.2) is 23.7 Å². The third-order valence-corrected chi connectivity index (χ3v) is 1.77. The van der Waals surface area contributed by atoms with Crippen molar-refractivity contribution in [2.75, 3.05) is 0 Å². The fraction of sp³-hybridized carbons (Fsp3) is 0.100. The van der Waals surface area contributed by atoms with Gasteiger partial charge in [0.05, 0.1) is 0 Å². The molecule has 1 nitrogen and oxygen atoms in total. The molecule has 0 atom stereocenters. The van der Waals surface area contributed by atoms with E-state index in [1.807, 2.05) is 0 Å². The van der Waals surface area contributed by atoms with Crippen molar-refractivity contribution in [3.8, 4) is 0 Å². The van der Waals surface area contributed by atoms with Crippen molar-refractivity contribution in [3.63, 3.8) is 0 Å². The summed E-state index contributed by atoms with van der Waals surface area (Å²) in [5, 5.41) is 0. The molecule has 1 aromatic rings. The van der Waals surface area contributed by atoms with Gasteiger partial charge in [-0.2, -0.15) is 0 Å². The van der Waals surface area contributed by atoms with Crippen molar-refractivity contribution in [2.45, 2.75) is 6.42 Å². The van der Waals surface area contributed by atoms with Gasteiger partial charge < -0.3 is 0 Å². The van der Waals surface area contributed by atoms with Crippen molar-refractivity contribution in [1.82, 2.24) is 0 Å². The summed E-state index contributed by atoms with van der Waals surface area (Å²) in [6, 6.07) is 0.671. The van der Waals surface area contributed by atoms with E-state index in [1.54, 1.807) is 0 Å². The zero-order chi connectivity index (χ0) is 10.7. The molecule has 0 bridgehead atoms. The summed E-state index contributed by atoms with van der Waals surface area (Å²) in [7, 11) is 0. The average Bonchev–Trinajstić information content (AvgIpc) is 2.19. The highest BCUT2D eigenvalue weighted by molar-refractivity contribution is 5.77. The van der Waals surface area contributed by atoms with E-state index in [9.17, 15) is 18.0 Å². The van der Waals surface area contributed by atoms with E-state index in [4.69, 9.17) is 0 Å². The molecule has 0 unspecified atom stereocenters. The molecule has 1 rings (SSSR count). The largest absolute Gasteiger partial charge is 0.298 e. The normalized spacial score (nSPS) is 9.93. The number of halogens is 3. The molecule has 4 heteroatoms.